The van der Waals surface area contributed by atoms with Gasteiger partial charge in [0.25, 0.3) is 0 Å². The summed E-state index contributed by atoms with van der Waals surface area (Å²) in [7, 11) is 0. The van der Waals surface area contributed by atoms with Gasteiger partial charge in [-0.25, -0.2) is 4.98 Å². The summed E-state index contributed by atoms with van der Waals surface area (Å²) in [5.74, 6) is 0. The Labute approximate surface area is 79.7 Å². The first kappa shape index (κ1) is 8.07. The van der Waals surface area contributed by atoms with Crippen molar-refractivity contribution in [1.29, 1.82) is 0 Å². The van der Waals surface area contributed by atoms with E-state index in [2.05, 4.69) is 19.9 Å². The predicted molar refractivity (Wildman–Crippen MR) is 48.1 cm³/mol. The van der Waals surface area contributed by atoms with Gasteiger partial charge in [0.05, 0.1) is 18.6 Å². The third-order valence-corrected chi connectivity index (χ3v) is 1.61. The van der Waals surface area contributed by atoms with Crippen LogP contribution >= 0.6 is 11.6 Å². The van der Waals surface area contributed by atoms with Crippen LogP contribution in [-0.4, -0.2) is 19.9 Å². The number of hydrogen-bond acceptors (Lipinski definition) is 4. The van der Waals surface area contributed by atoms with Crippen LogP contribution in [0.4, 0.5) is 0 Å². The summed E-state index contributed by atoms with van der Waals surface area (Å²) in [6, 6.07) is 0. The average molecular weight is 193 g/mol. The molecule has 5 heteroatoms. The van der Waals surface area contributed by atoms with Gasteiger partial charge in [0, 0.05) is 12.4 Å². The molecule has 0 fully saturated rings. The zero-order chi connectivity index (χ0) is 9.10. The van der Waals surface area contributed by atoms with E-state index in [9.17, 15) is 0 Å². The van der Waals surface area contributed by atoms with Crippen molar-refractivity contribution in [1.82, 2.24) is 19.9 Å². The Morgan fingerprint density at radius 3 is 2.46 bits per heavy atom. The van der Waals surface area contributed by atoms with Gasteiger partial charge < -0.3 is 0 Å². The van der Waals surface area contributed by atoms with Gasteiger partial charge >= 0.3 is 0 Å². The Balaban J connectivity index is 2.48. The summed E-state index contributed by atoms with van der Waals surface area (Å²) in [6.07, 6.45) is 7.87. The van der Waals surface area contributed by atoms with Crippen molar-refractivity contribution >= 4 is 11.6 Å². The molecule has 0 aromatic carbocycles. The van der Waals surface area contributed by atoms with Crippen molar-refractivity contribution in [2.24, 2.45) is 0 Å². The van der Waals surface area contributed by atoms with E-state index in [4.69, 9.17) is 11.6 Å². The molecule has 0 aliphatic rings. The lowest BCUT2D eigenvalue weighted by Crippen LogP contribution is -1.89. The number of halogens is 1. The smallest absolute Gasteiger partial charge is 0.148 e. The number of hydrogen-bond donors (Lipinski definition) is 0. The molecule has 0 aliphatic heterocycles. The van der Waals surface area contributed by atoms with E-state index in [0.717, 1.165) is 0 Å². The van der Waals surface area contributed by atoms with Gasteiger partial charge in [0.15, 0.2) is 0 Å². The van der Waals surface area contributed by atoms with E-state index in [1.807, 2.05) is 0 Å². The van der Waals surface area contributed by atoms with Gasteiger partial charge in [-0.15, -0.1) is 0 Å². The Bertz CT molecular complexity index is 404. The molecule has 2 aromatic heterocycles. The largest absolute Gasteiger partial charge is 0.261 e. The Morgan fingerprint density at radius 2 is 1.77 bits per heavy atom. The van der Waals surface area contributed by atoms with Crippen LogP contribution in [0.3, 0.4) is 0 Å². The molecule has 0 spiro atoms. The molecule has 0 unspecified atom stereocenters. The summed E-state index contributed by atoms with van der Waals surface area (Å²) in [5, 5.41) is 0.350. The summed E-state index contributed by atoms with van der Waals surface area (Å²) in [5.41, 5.74) is 1.29. The van der Waals surface area contributed by atoms with Crippen molar-refractivity contribution in [2.75, 3.05) is 0 Å². The molecule has 0 radical (unpaired) electrons. The molecule has 0 saturated heterocycles. The molecule has 64 valence electrons. The van der Waals surface area contributed by atoms with E-state index in [1.165, 1.54) is 6.20 Å². The SMILES string of the molecule is Clc1cncc(-c2cnccn2)n1. The van der Waals surface area contributed by atoms with Crippen LogP contribution in [0.15, 0.2) is 31.0 Å². The maximum Gasteiger partial charge on any atom is 0.148 e. The molecule has 2 rings (SSSR count). The zero-order valence-electron chi connectivity index (χ0n) is 6.55. The van der Waals surface area contributed by atoms with E-state index in [0.29, 0.717) is 16.5 Å². The highest BCUT2D eigenvalue weighted by Gasteiger charge is 2.00. The Morgan fingerprint density at radius 1 is 0.923 bits per heavy atom. The van der Waals surface area contributed by atoms with Crippen LogP contribution in [0.1, 0.15) is 0 Å². The monoisotopic (exact) mass is 192 g/mol. The third kappa shape index (κ3) is 1.78. The molecule has 0 saturated carbocycles. The fraction of sp³-hybridized carbons (Fsp3) is 0. The van der Waals surface area contributed by atoms with Gasteiger partial charge in [-0.2, -0.15) is 0 Å². The number of aromatic nitrogens is 4. The second kappa shape index (κ2) is 3.45. The second-order valence-corrected chi connectivity index (χ2v) is 2.70. The Hall–Kier alpha value is -1.55. The minimum Gasteiger partial charge on any atom is -0.261 e. The topological polar surface area (TPSA) is 51.6 Å². The number of rotatable bonds is 1. The quantitative estimate of drug-likeness (QED) is 0.689. The summed E-state index contributed by atoms with van der Waals surface area (Å²) < 4.78 is 0. The van der Waals surface area contributed by atoms with Crippen molar-refractivity contribution in [3.63, 3.8) is 0 Å². The highest BCUT2D eigenvalue weighted by Crippen LogP contribution is 2.12. The molecule has 0 bridgehead atoms. The minimum absolute atomic E-state index is 0.350. The zero-order valence-corrected chi connectivity index (χ0v) is 7.31. The highest BCUT2D eigenvalue weighted by atomic mass is 35.5. The molecule has 0 N–H and O–H groups in total. The van der Waals surface area contributed by atoms with Crippen LogP contribution in [0.2, 0.25) is 5.15 Å². The first-order chi connectivity index (χ1) is 6.36. The molecule has 4 nitrogen and oxygen atoms in total. The first-order valence-electron chi connectivity index (χ1n) is 3.60. The first-order valence-corrected chi connectivity index (χ1v) is 3.98. The molecule has 13 heavy (non-hydrogen) atoms. The van der Waals surface area contributed by atoms with Gasteiger partial charge in [0.2, 0.25) is 0 Å². The maximum absolute atomic E-state index is 5.67. The summed E-state index contributed by atoms with van der Waals surface area (Å²) in [6.45, 7) is 0. The third-order valence-electron chi connectivity index (χ3n) is 1.43. The van der Waals surface area contributed by atoms with Crippen LogP contribution in [0.5, 0.6) is 0 Å². The highest BCUT2D eigenvalue weighted by molar-refractivity contribution is 6.29. The molecule has 0 aliphatic carbocycles. The lowest BCUT2D eigenvalue weighted by molar-refractivity contribution is 1.14. The summed E-state index contributed by atoms with van der Waals surface area (Å²) in [4.78, 5) is 15.9. The van der Waals surface area contributed by atoms with Crippen molar-refractivity contribution < 1.29 is 0 Å². The second-order valence-electron chi connectivity index (χ2n) is 2.32. The fourth-order valence-electron chi connectivity index (χ4n) is 0.897. The maximum atomic E-state index is 5.67. The van der Waals surface area contributed by atoms with Crippen molar-refractivity contribution in [3.05, 3.63) is 36.1 Å². The normalized spacial score (nSPS) is 9.92. The van der Waals surface area contributed by atoms with Crippen molar-refractivity contribution in [2.45, 2.75) is 0 Å². The van der Waals surface area contributed by atoms with E-state index in [-0.39, 0.29) is 0 Å². The molecule has 2 heterocycles. The average Bonchev–Trinajstić information content (AvgIpc) is 2.19. The minimum atomic E-state index is 0.350. The lowest BCUT2D eigenvalue weighted by atomic mass is 10.3. The molecular formula is C8H5ClN4. The van der Waals surface area contributed by atoms with Crippen molar-refractivity contribution in [3.8, 4) is 11.4 Å². The number of nitrogens with zero attached hydrogens (tertiary/aromatic N) is 4. The van der Waals surface area contributed by atoms with Gasteiger partial charge in [0.1, 0.15) is 16.5 Å². The van der Waals surface area contributed by atoms with E-state index < -0.39 is 0 Å². The van der Waals surface area contributed by atoms with Crippen LogP contribution in [0.25, 0.3) is 11.4 Å². The lowest BCUT2D eigenvalue weighted by Gasteiger charge is -1.97. The standard InChI is InChI=1S/C8H5ClN4/c9-8-5-11-4-7(13-8)6-3-10-1-2-12-6/h1-5H. The molecule has 0 amide bonds. The molecule has 0 atom stereocenters. The van der Waals surface area contributed by atoms with Gasteiger partial charge in [-0.05, 0) is 0 Å². The van der Waals surface area contributed by atoms with Crippen LogP contribution < -0.4 is 0 Å². The Kier molecular flexibility index (Phi) is 2.14. The predicted octanol–water partition coefficient (Wildman–Crippen LogP) is 1.59. The van der Waals surface area contributed by atoms with Gasteiger partial charge in [-0.3, -0.25) is 15.0 Å². The van der Waals surface area contributed by atoms with Crippen LogP contribution in [-0.2, 0) is 0 Å². The summed E-state index contributed by atoms with van der Waals surface area (Å²) >= 11 is 5.67. The van der Waals surface area contributed by atoms with E-state index in [1.54, 1.807) is 24.8 Å². The molecular weight excluding hydrogens is 188 g/mol. The van der Waals surface area contributed by atoms with Crippen LogP contribution in [0, 0.1) is 0 Å². The van der Waals surface area contributed by atoms with E-state index >= 15 is 0 Å². The fourth-order valence-corrected chi connectivity index (χ4v) is 1.04. The van der Waals surface area contributed by atoms with Gasteiger partial charge in [-0.1, -0.05) is 11.6 Å². The molecule has 2 aromatic rings.